The Bertz CT molecular complexity index is 697. The fourth-order valence-corrected chi connectivity index (χ4v) is 2.74. The minimum Gasteiger partial charge on any atom is -0.481 e. The lowest BCUT2D eigenvalue weighted by molar-refractivity contribution is -0.138. The average Bonchev–Trinajstić information content (AvgIpc) is 2.47. The number of benzene rings is 2. The van der Waals surface area contributed by atoms with Crippen molar-refractivity contribution in [3.05, 3.63) is 69.7 Å². The molecule has 122 valence electrons. The number of halogens is 1. The van der Waals surface area contributed by atoms with Crippen molar-refractivity contribution in [1.82, 2.24) is 0 Å². The first-order valence-corrected chi connectivity index (χ1v) is 8.14. The van der Waals surface area contributed by atoms with Crippen LogP contribution in [0.2, 0.25) is 5.02 Å². The predicted octanol–water partition coefficient (Wildman–Crippen LogP) is 5.36. The van der Waals surface area contributed by atoms with Crippen molar-refractivity contribution in [2.45, 2.75) is 45.4 Å². The number of carboxylic acids is 1. The zero-order valence-electron chi connectivity index (χ0n) is 14.1. The number of hydrogen-bond donors (Lipinski definition) is 1. The van der Waals surface area contributed by atoms with Gasteiger partial charge in [-0.1, -0.05) is 68.8 Å². The van der Waals surface area contributed by atoms with Crippen molar-refractivity contribution in [2.75, 3.05) is 0 Å². The van der Waals surface area contributed by atoms with E-state index in [1.165, 1.54) is 5.56 Å². The van der Waals surface area contributed by atoms with Crippen LogP contribution < -0.4 is 0 Å². The number of rotatable bonds is 4. The third-order valence-corrected chi connectivity index (χ3v) is 4.56. The largest absolute Gasteiger partial charge is 0.481 e. The summed E-state index contributed by atoms with van der Waals surface area (Å²) in [6, 6.07) is 13.7. The quantitative estimate of drug-likeness (QED) is 0.819. The Balaban J connectivity index is 2.26. The highest BCUT2D eigenvalue weighted by Crippen LogP contribution is 2.27. The Morgan fingerprint density at radius 2 is 1.74 bits per heavy atom. The molecule has 0 saturated heterocycles. The second-order valence-corrected chi connectivity index (χ2v) is 7.46. The van der Waals surface area contributed by atoms with Gasteiger partial charge < -0.3 is 5.11 Å². The van der Waals surface area contributed by atoms with E-state index in [2.05, 4.69) is 32.9 Å². The summed E-state index contributed by atoms with van der Waals surface area (Å²) in [7, 11) is 0. The van der Waals surface area contributed by atoms with Crippen molar-refractivity contribution in [2.24, 2.45) is 0 Å². The van der Waals surface area contributed by atoms with Crippen LogP contribution in [-0.4, -0.2) is 11.1 Å². The van der Waals surface area contributed by atoms with Crippen molar-refractivity contribution in [3.8, 4) is 0 Å². The highest BCUT2D eigenvalue weighted by atomic mass is 35.5. The van der Waals surface area contributed by atoms with Gasteiger partial charge in [0.25, 0.3) is 0 Å². The van der Waals surface area contributed by atoms with Crippen molar-refractivity contribution in [1.29, 1.82) is 0 Å². The van der Waals surface area contributed by atoms with E-state index in [1.54, 1.807) is 6.07 Å². The van der Waals surface area contributed by atoms with Gasteiger partial charge in [-0.05, 0) is 47.1 Å². The lowest BCUT2D eigenvalue weighted by Gasteiger charge is -2.20. The molecule has 0 amide bonds. The van der Waals surface area contributed by atoms with Crippen molar-refractivity contribution >= 4 is 17.6 Å². The second-order valence-electron chi connectivity index (χ2n) is 7.05. The van der Waals surface area contributed by atoms with Gasteiger partial charge >= 0.3 is 5.97 Å². The molecule has 0 aliphatic carbocycles. The van der Waals surface area contributed by atoms with E-state index >= 15 is 0 Å². The average molecular weight is 331 g/mol. The molecule has 0 aliphatic rings. The Hall–Kier alpha value is -1.80. The van der Waals surface area contributed by atoms with Gasteiger partial charge in [0.2, 0.25) is 0 Å². The maximum atomic E-state index is 11.7. The summed E-state index contributed by atoms with van der Waals surface area (Å²) < 4.78 is 0. The number of aryl methyl sites for hydroxylation is 1. The predicted molar refractivity (Wildman–Crippen MR) is 95.4 cm³/mol. The SMILES string of the molecule is Cc1ccc(C(Cc2ccc(C(C)(C)C)cc2)C(=O)O)cc1Cl. The molecule has 0 aromatic heterocycles. The van der Waals surface area contributed by atoms with Gasteiger partial charge in [0.15, 0.2) is 0 Å². The summed E-state index contributed by atoms with van der Waals surface area (Å²) in [4.78, 5) is 11.7. The molecule has 0 heterocycles. The fraction of sp³-hybridized carbons (Fsp3) is 0.350. The van der Waals surface area contributed by atoms with Crippen LogP contribution in [0.15, 0.2) is 42.5 Å². The van der Waals surface area contributed by atoms with Gasteiger partial charge in [0, 0.05) is 5.02 Å². The van der Waals surface area contributed by atoms with Crippen LogP contribution in [0.4, 0.5) is 0 Å². The molecule has 2 aromatic carbocycles. The highest BCUT2D eigenvalue weighted by molar-refractivity contribution is 6.31. The molecular formula is C20H23ClO2. The summed E-state index contributed by atoms with van der Waals surface area (Å²) >= 11 is 6.14. The first-order valence-electron chi connectivity index (χ1n) is 7.77. The molecule has 0 fully saturated rings. The van der Waals surface area contributed by atoms with Crippen LogP contribution in [0.25, 0.3) is 0 Å². The maximum absolute atomic E-state index is 11.7. The third kappa shape index (κ3) is 4.35. The smallest absolute Gasteiger partial charge is 0.311 e. The first-order chi connectivity index (χ1) is 10.7. The Morgan fingerprint density at radius 3 is 2.22 bits per heavy atom. The summed E-state index contributed by atoms with van der Waals surface area (Å²) in [6.07, 6.45) is 0.457. The van der Waals surface area contributed by atoms with Crippen molar-refractivity contribution in [3.63, 3.8) is 0 Å². The van der Waals surface area contributed by atoms with Crippen LogP contribution >= 0.6 is 11.6 Å². The van der Waals surface area contributed by atoms with Gasteiger partial charge in [-0.2, -0.15) is 0 Å². The molecule has 0 saturated carbocycles. The van der Waals surface area contributed by atoms with Crippen LogP contribution in [0.5, 0.6) is 0 Å². The molecule has 1 atom stereocenters. The topological polar surface area (TPSA) is 37.3 Å². The molecule has 2 rings (SSSR count). The molecule has 1 N–H and O–H groups in total. The number of carbonyl (C=O) groups is 1. The van der Waals surface area contributed by atoms with E-state index in [-0.39, 0.29) is 5.41 Å². The number of hydrogen-bond acceptors (Lipinski definition) is 1. The van der Waals surface area contributed by atoms with E-state index in [0.717, 1.165) is 16.7 Å². The molecular weight excluding hydrogens is 308 g/mol. The molecule has 0 radical (unpaired) electrons. The van der Waals surface area contributed by atoms with Crippen LogP contribution in [-0.2, 0) is 16.6 Å². The summed E-state index contributed by atoms with van der Waals surface area (Å²) in [5.41, 5.74) is 4.05. The van der Waals surface area contributed by atoms with E-state index in [1.807, 2.05) is 31.2 Å². The Kier molecular flexibility index (Phi) is 5.16. The molecule has 2 nitrogen and oxygen atoms in total. The maximum Gasteiger partial charge on any atom is 0.311 e. The second kappa shape index (κ2) is 6.76. The zero-order valence-corrected chi connectivity index (χ0v) is 14.8. The molecule has 2 aromatic rings. The lowest BCUT2D eigenvalue weighted by atomic mass is 9.85. The lowest BCUT2D eigenvalue weighted by Crippen LogP contribution is -2.15. The van der Waals surface area contributed by atoms with Crippen LogP contribution in [0.1, 0.15) is 48.9 Å². The number of carboxylic acid groups (broad SMARTS) is 1. The fourth-order valence-electron chi connectivity index (χ4n) is 2.55. The van der Waals surface area contributed by atoms with E-state index < -0.39 is 11.9 Å². The van der Waals surface area contributed by atoms with Gasteiger partial charge in [0.05, 0.1) is 5.92 Å². The zero-order chi connectivity index (χ0) is 17.2. The Morgan fingerprint density at radius 1 is 1.13 bits per heavy atom. The van der Waals surface area contributed by atoms with Gasteiger partial charge in [0.1, 0.15) is 0 Å². The van der Waals surface area contributed by atoms with Gasteiger partial charge in [-0.25, -0.2) is 0 Å². The van der Waals surface area contributed by atoms with Crippen molar-refractivity contribution < 1.29 is 9.90 Å². The third-order valence-electron chi connectivity index (χ3n) is 4.16. The summed E-state index contributed by atoms with van der Waals surface area (Å²) in [5.74, 6) is -1.42. The normalized spacial score (nSPS) is 12.9. The van der Waals surface area contributed by atoms with Gasteiger partial charge in [-0.15, -0.1) is 0 Å². The van der Waals surface area contributed by atoms with Crippen LogP contribution in [0.3, 0.4) is 0 Å². The minimum atomic E-state index is -0.829. The standard InChI is InChI=1S/C20H23ClO2/c1-13-5-8-15(12-18(13)21)17(19(22)23)11-14-6-9-16(10-7-14)20(2,3)4/h5-10,12,17H,11H2,1-4H3,(H,22,23). The van der Waals surface area contributed by atoms with Crippen LogP contribution in [0, 0.1) is 6.92 Å². The molecule has 0 spiro atoms. The highest BCUT2D eigenvalue weighted by Gasteiger charge is 2.21. The first kappa shape index (κ1) is 17.6. The molecule has 23 heavy (non-hydrogen) atoms. The molecule has 0 aliphatic heterocycles. The van der Waals surface area contributed by atoms with E-state index in [4.69, 9.17) is 11.6 Å². The molecule has 1 unspecified atom stereocenters. The van der Waals surface area contributed by atoms with Gasteiger partial charge in [-0.3, -0.25) is 4.79 Å². The monoisotopic (exact) mass is 330 g/mol. The van der Waals surface area contributed by atoms with E-state index in [0.29, 0.717) is 11.4 Å². The Labute approximate surface area is 143 Å². The molecule has 3 heteroatoms. The van der Waals surface area contributed by atoms with E-state index in [9.17, 15) is 9.90 Å². The summed E-state index contributed by atoms with van der Waals surface area (Å²) in [5, 5.41) is 10.2. The summed E-state index contributed by atoms with van der Waals surface area (Å²) in [6.45, 7) is 8.40. The number of aliphatic carboxylic acids is 1. The molecule has 0 bridgehead atoms. The minimum absolute atomic E-state index is 0.0925.